The standard InChI is InChI=1S/C22H24Cl3N3/c1-2-28-20-12-19(25)18(24)11-16(20)13-22(6-8-26-9-7-22)21(28)27-14-15-4-3-5-17(23)10-15/h3-5,10-12,26H,2,6-9,13-14H2,1H3. The fraction of sp³-hybridized carbons (Fsp3) is 0.409. The van der Waals surface area contributed by atoms with E-state index in [9.17, 15) is 0 Å². The molecule has 1 fully saturated rings. The third-order valence-electron chi connectivity index (χ3n) is 5.85. The van der Waals surface area contributed by atoms with Crippen molar-refractivity contribution < 1.29 is 0 Å². The molecule has 4 rings (SSSR count). The number of hydrogen-bond acceptors (Lipinski definition) is 2. The lowest BCUT2D eigenvalue weighted by Crippen LogP contribution is -2.53. The molecule has 2 aliphatic heterocycles. The summed E-state index contributed by atoms with van der Waals surface area (Å²) in [5, 5.41) is 5.46. The average molecular weight is 437 g/mol. The van der Waals surface area contributed by atoms with Gasteiger partial charge in [-0.15, -0.1) is 0 Å². The smallest absolute Gasteiger partial charge is 0.110 e. The first-order valence-corrected chi connectivity index (χ1v) is 10.9. The first kappa shape index (κ1) is 20.0. The zero-order chi connectivity index (χ0) is 19.7. The van der Waals surface area contributed by atoms with E-state index in [1.165, 1.54) is 11.4 Å². The van der Waals surface area contributed by atoms with Crippen LogP contribution in [0, 0.1) is 5.41 Å². The summed E-state index contributed by atoms with van der Waals surface area (Å²) in [6.07, 6.45) is 3.08. The Labute approximate surface area is 181 Å². The van der Waals surface area contributed by atoms with Gasteiger partial charge >= 0.3 is 0 Å². The van der Waals surface area contributed by atoms with Crippen molar-refractivity contribution in [2.45, 2.75) is 32.7 Å². The second-order valence-corrected chi connectivity index (χ2v) is 8.87. The summed E-state index contributed by atoms with van der Waals surface area (Å²) >= 11 is 18.9. The van der Waals surface area contributed by atoms with Crippen molar-refractivity contribution >= 4 is 46.3 Å². The molecule has 0 radical (unpaired) electrons. The van der Waals surface area contributed by atoms with Gasteiger partial charge in [0.05, 0.1) is 16.6 Å². The van der Waals surface area contributed by atoms with Gasteiger partial charge in [-0.3, -0.25) is 4.99 Å². The van der Waals surface area contributed by atoms with Crippen molar-refractivity contribution in [1.82, 2.24) is 5.32 Å². The van der Waals surface area contributed by atoms with Crippen LogP contribution in [0.1, 0.15) is 30.9 Å². The predicted octanol–water partition coefficient (Wildman–Crippen LogP) is 6.00. The Hall–Kier alpha value is -1.26. The van der Waals surface area contributed by atoms with Crippen LogP contribution in [-0.2, 0) is 13.0 Å². The fourth-order valence-corrected chi connectivity index (χ4v) is 5.05. The van der Waals surface area contributed by atoms with Crippen LogP contribution in [0.3, 0.4) is 0 Å². The highest BCUT2D eigenvalue weighted by Gasteiger charge is 2.44. The highest BCUT2D eigenvalue weighted by atomic mass is 35.5. The zero-order valence-electron chi connectivity index (χ0n) is 15.9. The second kappa shape index (κ2) is 8.23. The summed E-state index contributed by atoms with van der Waals surface area (Å²) in [7, 11) is 0. The van der Waals surface area contributed by atoms with Crippen molar-refractivity contribution in [3.05, 3.63) is 62.6 Å². The van der Waals surface area contributed by atoms with Gasteiger partial charge in [0, 0.05) is 22.7 Å². The number of fused-ring (bicyclic) bond motifs is 1. The highest BCUT2D eigenvalue weighted by Crippen LogP contribution is 2.46. The van der Waals surface area contributed by atoms with Gasteiger partial charge in [0.2, 0.25) is 0 Å². The molecule has 6 heteroatoms. The molecule has 1 N–H and O–H groups in total. The zero-order valence-corrected chi connectivity index (χ0v) is 18.2. The third-order valence-corrected chi connectivity index (χ3v) is 6.81. The van der Waals surface area contributed by atoms with Crippen molar-refractivity contribution in [2.75, 3.05) is 24.5 Å². The van der Waals surface area contributed by atoms with E-state index >= 15 is 0 Å². The Morgan fingerprint density at radius 1 is 1.07 bits per heavy atom. The molecule has 0 aromatic heterocycles. The topological polar surface area (TPSA) is 27.6 Å². The molecule has 0 atom stereocenters. The number of benzene rings is 2. The molecule has 0 aliphatic carbocycles. The molecule has 0 bridgehead atoms. The molecule has 3 nitrogen and oxygen atoms in total. The van der Waals surface area contributed by atoms with Gasteiger partial charge in [-0.25, -0.2) is 0 Å². The van der Waals surface area contributed by atoms with Crippen molar-refractivity contribution in [3.63, 3.8) is 0 Å². The van der Waals surface area contributed by atoms with E-state index < -0.39 is 0 Å². The summed E-state index contributed by atoms with van der Waals surface area (Å²) in [4.78, 5) is 7.49. The van der Waals surface area contributed by atoms with Crippen LogP contribution < -0.4 is 10.2 Å². The van der Waals surface area contributed by atoms with E-state index in [-0.39, 0.29) is 5.41 Å². The highest BCUT2D eigenvalue weighted by molar-refractivity contribution is 6.42. The number of aliphatic imine (C=N–C) groups is 1. The minimum Gasteiger partial charge on any atom is -0.330 e. The maximum absolute atomic E-state index is 6.36. The number of rotatable bonds is 3. The summed E-state index contributed by atoms with van der Waals surface area (Å²) in [6.45, 7) is 5.64. The lowest BCUT2D eigenvalue weighted by atomic mass is 9.70. The molecule has 2 aromatic rings. The minimum absolute atomic E-state index is 0.0317. The third kappa shape index (κ3) is 3.78. The molecule has 2 aliphatic rings. The quantitative estimate of drug-likeness (QED) is 0.639. The number of piperidine rings is 1. The molecule has 2 heterocycles. The average Bonchev–Trinajstić information content (AvgIpc) is 2.68. The number of hydrogen-bond donors (Lipinski definition) is 1. The van der Waals surface area contributed by atoms with Gasteiger partial charge in [0.15, 0.2) is 0 Å². The van der Waals surface area contributed by atoms with Gasteiger partial charge in [-0.05, 0) is 74.7 Å². The molecule has 0 saturated carbocycles. The number of halogens is 3. The lowest BCUT2D eigenvalue weighted by molar-refractivity contribution is 0.288. The molecule has 0 amide bonds. The lowest BCUT2D eigenvalue weighted by Gasteiger charge is -2.47. The minimum atomic E-state index is 0.0317. The van der Waals surface area contributed by atoms with Crippen LogP contribution >= 0.6 is 34.8 Å². The maximum Gasteiger partial charge on any atom is 0.110 e. The van der Waals surface area contributed by atoms with E-state index in [0.717, 1.165) is 55.2 Å². The van der Waals surface area contributed by atoms with Gasteiger partial charge in [-0.2, -0.15) is 0 Å². The van der Waals surface area contributed by atoms with Gasteiger partial charge in [-0.1, -0.05) is 46.9 Å². The second-order valence-electron chi connectivity index (χ2n) is 7.62. The van der Waals surface area contributed by atoms with Gasteiger partial charge in [0.25, 0.3) is 0 Å². The van der Waals surface area contributed by atoms with Crippen molar-refractivity contribution in [2.24, 2.45) is 10.4 Å². The van der Waals surface area contributed by atoms with Crippen LogP contribution in [0.15, 0.2) is 41.4 Å². The fourth-order valence-electron chi connectivity index (χ4n) is 4.49. The summed E-state index contributed by atoms with van der Waals surface area (Å²) < 4.78 is 0. The first-order valence-electron chi connectivity index (χ1n) is 9.78. The van der Waals surface area contributed by atoms with E-state index in [1.54, 1.807) is 0 Å². The van der Waals surface area contributed by atoms with E-state index in [1.807, 2.05) is 30.3 Å². The summed E-state index contributed by atoms with van der Waals surface area (Å²) in [5.74, 6) is 1.17. The summed E-state index contributed by atoms with van der Waals surface area (Å²) in [5.41, 5.74) is 3.55. The molecule has 1 saturated heterocycles. The monoisotopic (exact) mass is 435 g/mol. The molecular weight excluding hydrogens is 413 g/mol. The molecule has 148 valence electrons. The van der Waals surface area contributed by atoms with Gasteiger partial charge < -0.3 is 10.2 Å². The van der Waals surface area contributed by atoms with E-state index in [0.29, 0.717) is 16.6 Å². The maximum atomic E-state index is 6.36. The largest absolute Gasteiger partial charge is 0.330 e. The number of nitrogens with zero attached hydrogens (tertiary/aromatic N) is 2. The Bertz CT molecular complexity index is 904. The van der Waals surface area contributed by atoms with Crippen LogP contribution in [-0.4, -0.2) is 25.5 Å². The Morgan fingerprint density at radius 3 is 2.54 bits per heavy atom. The number of anilines is 1. The molecule has 28 heavy (non-hydrogen) atoms. The number of amidine groups is 1. The molecular formula is C22H24Cl3N3. The predicted molar refractivity (Wildman–Crippen MR) is 120 cm³/mol. The molecule has 2 aromatic carbocycles. The van der Waals surface area contributed by atoms with Crippen molar-refractivity contribution in [3.8, 4) is 0 Å². The molecule has 1 spiro atoms. The van der Waals surface area contributed by atoms with E-state index in [4.69, 9.17) is 39.8 Å². The summed E-state index contributed by atoms with van der Waals surface area (Å²) in [6, 6.07) is 12.0. The van der Waals surface area contributed by atoms with Crippen LogP contribution in [0.25, 0.3) is 0 Å². The first-order chi connectivity index (χ1) is 13.5. The van der Waals surface area contributed by atoms with Crippen LogP contribution in [0.5, 0.6) is 0 Å². The van der Waals surface area contributed by atoms with Crippen LogP contribution in [0.2, 0.25) is 15.1 Å². The number of nitrogens with one attached hydrogen (secondary N) is 1. The Kier molecular flexibility index (Phi) is 5.89. The van der Waals surface area contributed by atoms with E-state index in [2.05, 4.69) is 23.2 Å². The normalized spacial score (nSPS) is 19.9. The van der Waals surface area contributed by atoms with Gasteiger partial charge in [0.1, 0.15) is 5.84 Å². The Morgan fingerprint density at radius 2 is 1.82 bits per heavy atom. The molecule has 0 unspecified atom stereocenters. The SMILES string of the molecule is CCN1C(=NCc2cccc(Cl)c2)C2(CCNCC2)Cc2cc(Cl)c(Cl)cc21. The Balaban J connectivity index is 1.79. The van der Waals surface area contributed by atoms with Crippen molar-refractivity contribution in [1.29, 1.82) is 0 Å². The van der Waals surface area contributed by atoms with Crippen LogP contribution in [0.4, 0.5) is 5.69 Å².